The first-order valence-corrected chi connectivity index (χ1v) is 6.33. The largest absolute Gasteiger partial charge is 0.378 e. The second-order valence-electron chi connectivity index (χ2n) is 2.90. The molecule has 2 rings (SSSR count). The molecule has 0 atom stereocenters. The number of nitrogens with one attached hydrogen (secondary N) is 1. The molecule has 15 heavy (non-hydrogen) atoms. The lowest BCUT2D eigenvalue weighted by Gasteiger charge is -2.05. The summed E-state index contributed by atoms with van der Waals surface area (Å²) in [5.74, 6) is 0. The highest BCUT2D eigenvalue weighted by atomic mass is 79.9. The van der Waals surface area contributed by atoms with E-state index in [1.807, 2.05) is 18.2 Å². The third kappa shape index (κ3) is 2.93. The van der Waals surface area contributed by atoms with Crippen LogP contribution in [-0.4, -0.2) is 4.98 Å². The van der Waals surface area contributed by atoms with Gasteiger partial charge in [-0.05, 0) is 40.2 Å². The summed E-state index contributed by atoms with van der Waals surface area (Å²) in [6.45, 7) is 0.766. The molecule has 0 spiro atoms. The van der Waals surface area contributed by atoms with E-state index in [2.05, 4.69) is 32.3 Å². The highest BCUT2D eigenvalue weighted by Gasteiger charge is 2.01. The van der Waals surface area contributed by atoms with Crippen molar-refractivity contribution in [3.05, 3.63) is 44.3 Å². The Kier molecular flexibility index (Phi) is 3.61. The van der Waals surface area contributed by atoms with Crippen LogP contribution in [-0.2, 0) is 6.54 Å². The van der Waals surface area contributed by atoms with Gasteiger partial charge in [-0.25, -0.2) is 4.98 Å². The van der Waals surface area contributed by atoms with Gasteiger partial charge >= 0.3 is 0 Å². The van der Waals surface area contributed by atoms with Crippen molar-refractivity contribution in [2.45, 2.75) is 6.54 Å². The zero-order valence-corrected chi connectivity index (χ0v) is 10.9. The highest BCUT2D eigenvalue weighted by molar-refractivity contribution is 9.11. The molecule has 2 heterocycles. The van der Waals surface area contributed by atoms with Crippen molar-refractivity contribution in [3.63, 3.8) is 0 Å². The number of hydrogen-bond acceptors (Lipinski definition) is 3. The van der Waals surface area contributed by atoms with Gasteiger partial charge in [0.25, 0.3) is 0 Å². The van der Waals surface area contributed by atoms with E-state index in [0.29, 0.717) is 5.15 Å². The number of hydrogen-bond donors (Lipinski definition) is 1. The van der Waals surface area contributed by atoms with Gasteiger partial charge in [0.1, 0.15) is 0 Å². The maximum Gasteiger partial charge on any atom is 0.152 e. The summed E-state index contributed by atoms with van der Waals surface area (Å²) in [6.07, 6.45) is 1.68. The second-order valence-corrected chi connectivity index (χ2v) is 5.81. The molecular formula is C10H8BrClN2S. The summed E-state index contributed by atoms with van der Waals surface area (Å²) in [4.78, 5) is 5.25. The molecular weight excluding hydrogens is 296 g/mol. The summed E-state index contributed by atoms with van der Waals surface area (Å²) in [5, 5.41) is 3.75. The molecule has 0 bridgehead atoms. The van der Waals surface area contributed by atoms with Gasteiger partial charge in [0.2, 0.25) is 0 Å². The van der Waals surface area contributed by atoms with E-state index in [0.717, 1.165) is 16.0 Å². The maximum atomic E-state index is 5.92. The van der Waals surface area contributed by atoms with E-state index in [9.17, 15) is 0 Å². The smallest absolute Gasteiger partial charge is 0.152 e. The molecule has 0 unspecified atom stereocenters. The first kappa shape index (κ1) is 10.9. The fraction of sp³-hybridized carbons (Fsp3) is 0.100. The lowest BCUT2D eigenvalue weighted by molar-refractivity contribution is 1.17. The predicted octanol–water partition coefficient (Wildman–Crippen LogP) is 4.17. The average Bonchev–Trinajstić information content (AvgIpc) is 2.63. The van der Waals surface area contributed by atoms with Crippen LogP contribution < -0.4 is 5.32 Å². The lowest BCUT2D eigenvalue weighted by Crippen LogP contribution is -1.98. The number of anilines is 1. The third-order valence-electron chi connectivity index (χ3n) is 1.84. The number of rotatable bonds is 3. The average molecular weight is 304 g/mol. The van der Waals surface area contributed by atoms with Crippen LogP contribution in [0.1, 0.15) is 4.88 Å². The van der Waals surface area contributed by atoms with Crippen LogP contribution in [0, 0.1) is 0 Å². The molecule has 0 aromatic carbocycles. The van der Waals surface area contributed by atoms with E-state index in [4.69, 9.17) is 11.6 Å². The normalized spacial score (nSPS) is 10.3. The van der Waals surface area contributed by atoms with Crippen molar-refractivity contribution in [3.8, 4) is 0 Å². The number of nitrogens with zero attached hydrogens (tertiary/aromatic N) is 1. The molecule has 2 aromatic heterocycles. The lowest BCUT2D eigenvalue weighted by atomic mass is 10.4. The molecule has 0 aliphatic rings. The van der Waals surface area contributed by atoms with Gasteiger partial charge in [-0.3, -0.25) is 0 Å². The fourth-order valence-electron chi connectivity index (χ4n) is 1.15. The minimum absolute atomic E-state index is 0.508. The van der Waals surface area contributed by atoms with Crippen LogP contribution in [0.2, 0.25) is 5.15 Å². The quantitative estimate of drug-likeness (QED) is 0.861. The Morgan fingerprint density at radius 1 is 1.40 bits per heavy atom. The van der Waals surface area contributed by atoms with E-state index in [-0.39, 0.29) is 0 Å². The van der Waals surface area contributed by atoms with Gasteiger partial charge < -0.3 is 5.32 Å². The van der Waals surface area contributed by atoms with Crippen LogP contribution in [0.5, 0.6) is 0 Å². The minimum Gasteiger partial charge on any atom is -0.378 e. The minimum atomic E-state index is 0.508. The molecule has 0 saturated carbocycles. The second kappa shape index (κ2) is 4.96. The predicted molar refractivity (Wildman–Crippen MR) is 68.6 cm³/mol. The summed E-state index contributed by atoms with van der Waals surface area (Å²) in [6, 6.07) is 7.88. The maximum absolute atomic E-state index is 5.92. The van der Waals surface area contributed by atoms with Crippen LogP contribution in [0.3, 0.4) is 0 Å². The zero-order chi connectivity index (χ0) is 10.7. The van der Waals surface area contributed by atoms with E-state index in [1.165, 1.54) is 4.88 Å². The molecule has 5 heteroatoms. The standard InChI is InChI=1S/C10H8BrClN2S/c11-9-4-3-7(15-9)6-14-8-2-1-5-13-10(8)12/h1-5,14H,6H2. The van der Waals surface area contributed by atoms with Gasteiger partial charge in [-0.15, -0.1) is 11.3 Å². The SMILES string of the molecule is Clc1ncccc1NCc1ccc(Br)s1. The fourth-order valence-corrected chi connectivity index (χ4v) is 2.76. The first-order valence-electron chi connectivity index (χ1n) is 4.34. The Morgan fingerprint density at radius 2 is 2.27 bits per heavy atom. The molecule has 2 nitrogen and oxygen atoms in total. The van der Waals surface area contributed by atoms with Crippen LogP contribution in [0.25, 0.3) is 0 Å². The van der Waals surface area contributed by atoms with Crippen molar-refractivity contribution >= 4 is 44.6 Å². The molecule has 0 aliphatic heterocycles. The number of thiophene rings is 1. The van der Waals surface area contributed by atoms with Crippen molar-refractivity contribution in [2.75, 3.05) is 5.32 Å². The molecule has 2 aromatic rings. The Balaban J connectivity index is 2.02. The van der Waals surface area contributed by atoms with Crippen molar-refractivity contribution in [2.24, 2.45) is 0 Å². The molecule has 0 radical (unpaired) electrons. The zero-order valence-electron chi connectivity index (χ0n) is 7.71. The number of halogens is 2. The van der Waals surface area contributed by atoms with Crippen molar-refractivity contribution in [1.29, 1.82) is 0 Å². The Hall–Kier alpha value is -0.580. The van der Waals surface area contributed by atoms with Gasteiger partial charge in [0.15, 0.2) is 5.15 Å². The topological polar surface area (TPSA) is 24.9 Å². The number of aromatic nitrogens is 1. The van der Waals surface area contributed by atoms with Crippen molar-refractivity contribution < 1.29 is 0 Å². The van der Waals surface area contributed by atoms with E-state index in [1.54, 1.807) is 17.5 Å². The Bertz CT molecular complexity index is 458. The summed E-state index contributed by atoms with van der Waals surface area (Å²) < 4.78 is 1.14. The monoisotopic (exact) mass is 302 g/mol. The summed E-state index contributed by atoms with van der Waals surface area (Å²) in [5.41, 5.74) is 0.865. The molecule has 0 saturated heterocycles. The summed E-state index contributed by atoms with van der Waals surface area (Å²) >= 11 is 11.0. The molecule has 0 amide bonds. The Morgan fingerprint density at radius 3 is 2.93 bits per heavy atom. The summed E-state index contributed by atoms with van der Waals surface area (Å²) in [7, 11) is 0. The van der Waals surface area contributed by atoms with Crippen molar-refractivity contribution in [1.82, 2.24) is 4.98 Å². The Labute approximate surface area is 105 Å². The molecule has 1 N–H and O–H groups in total. The number of pyridine rings is 1. The molecule has 0 fully saturated rings. The van der Waals surface area contributed by atoms with Gasteiger partial charge in [0, 0.05) is 17.6 Å². The van der Waals surface area contributed by atoms with E-state index < -0.39 is 0 Å². The van der Waals surface area contributed by atoms with Gasteiger partial charge in [0.05, 0.1) is 9.47 Å². The van der Waals surface area contributed by atoms with Gasteiger partial charge in [-0.1, -0.05) is 11.6 Å². The van der Waals surface area contributed by atoms with Crippen LogP contribution in [0.4, 0.5) is 5.69 Å². The molecule has 0 aliphatic carbocycles. The van der Waals surface area contributed by atoms with Gasteiger partial charge in [-0.2, -0.15) is 0 Å². The van der Waals surface area contributed by atoms with Crippen LogP contribution >= 0.6 is 38.9 Å². The van der Waals surface area contributed by atoms with Crippen LogP contribution in [0.15, 0.2) is 34.2 Å². The first-order chi connectivity index (χ1) is 7.25. The molecule has 78 valence electrons. The highest BCUT2D eigenvalue weighted by Crippen LogP contribution is 2.24. The van der Waals surface area contributed by atoms with E-state index >= 15 is 0 Å². The third-order valence-corrected chi connectivity index (χ3v) is 3.77.